The van der Waals surface area contributed by atoms with E-state index in [4.69, 9.17) is 5.73 Å². The van der Waals surface area contributed by atoms with Gasteiger partial charge in [0.2, 0.25) is 0 Å². The van der Waals surface area contributed by atoms with Crippen LogP contribution in [0.1, 0.15) is 19.5 Å². The molecule has 0 saturated heterocycles. The summed E-state index contributed by atoms with van der Waals surface area (Å²) in [5.41, 5.74) is 5.98. The second-order valence-corrected chi connectivity index (χ2v) is 3.21. The maximum atomic E-state index is 5.68. The highest BCUT2D eigenvalue weighted by Gasteiger charge is 2.04. The molecular formula is C8H12N4. The van der Waals surface area contributed by atoms with Crippen LogP contribution in [0.15, 0.2) is 6.20 Å². The Hall–Kier alpha value is -1.34. The van der Waals surface area contributed by atoms with Gasteiger partial charge in [0.1, 0.15) is 5.69 Å². The number of nitrogens with two attached hydrogens (primary N) is 1. The molecule has 1 heterocycles. The van der Waals surface area contributed by atoms with Gasteiger partial charge in [0.05, 0.1) is 11.7 Å². The van der Waals surface area contributed by atoms with Gasteiger partial charge in [0, 0.05) is 7.05 Å². The molecule has 0 unspecified atom stereocenters. The summed E-state index contributed by atoms with van der Waals surface area (Å²) in [5.74, 6) is 5.79. The van der Waals surface area contributed by atoms with E-state index >= 15 is 0 Å². The topological polar surface area (TPSA) is 56.7 Å². The third-order valence-corrected chi connectivity index (χ3v) is 1.23. The average molecular weight is 164 g/mol. The monoisotopic (exact) mass is 164 g/mol. The number of aromatic nitrogens is 3. The fraction of sp³-hybridized carbons (Fsp3) is 0.500. The van der Waals surface area contributed by atoms with Crippen molar-refractivity contribution >= 4 is 0 Å². The predicted molar refractivity (Wildman–Crippen MR) is 46.1 cm³/mol. The minimum absolute atomic E-state index is 0.468. The van der Waals surface area contributed by atoms with Gasteiger partial charge in [-0.05, 0) is 19.8 Å². The van der Waals surface area contributed by atoms with Gasteiger partial charge in [-0.1, -0.05) is 11.1 Å². The Labute approximate surface area is 71.8 Å². The van der Waals surface area contributed by atoms with Crippen LogP contribution >= 0.6 is 0 Å². The van der Waals surface area contributed by atoms with Crippen molar-refractivity contribution in [2.45, 2.75) is 19.4 Å². The normalized spacial score (nSPS) is 10.7. The zero-order valence-corrected chi connectivity index (χ0v) is 7.50. The third-order valence-electron chi connectivity index (χ3n) is 1.23. The van der Waals surface area contributed by atoms with Crippen molar-refractivity contribution in [3.8, 4) is 11.8 Å². The number of aryl methyl sites for hydroxylation is 1. The minimum Gasteiger partial charge on any atom is -0.316 e. The van der Waals surface area contributed by atoms with E-state index in [1.54, 1.807) is 17.9 Å². The van der Waals surface area contributed by atoms with Crippen molar-refractivity contribution < 1.29 is 0 Å². The maximum absolute atomic E-state index is 5.68. The first-order chi connectivity index (χ1) is 5.49. The molecule has 0 atom stereocenters. The molecule has 4 heteroatoms. The molecule has 2 N–H and O–H groups in total. The van der Waals surface area contributed by atoms with Crippen LogP contribution in [0.5, 0.6) is 0 Å². The lowest BCUT2D eigenvalue weighted by molar-refractivity contribution is 0.678. The third kappa shape index (κ3) is 2.36. The lowest BCUT2D eigenvalue weighted by atomic mass is 10.1. The van der Waals surface area contributed by atoms with E-state index in [0.29, 0.717) is 0 Å². The van der Waals surface area contributed by atoms with Crippen molar-refractivity contribution in [3.05, 3.63) is 11.9 Å². The standard InChI is InChI=1S/C8H12N4/c1-8(2,9)5-4-7-6-10-11-12(7)3/h6H,9H2,1-3H3. The first-order valence-corrected chi connectivity index (χ1v) is 3.66. The van der Waals surface area contributed by atoms with Crippen LogP contribution < -0.4 is 5.73 Å². The molecule has 12 heavy (non-hydrogen) atoms. The van der Waals surface area contributed by atoms with E-state index in [1.165, 1.54) is 0 Å². The van der Waals surface area contributed by atoms with E-state index in [0.717, 1.165) is 5.69 Å². The summed E-state index contributed by atoms with van der Waals surface area (Å²) in [7, 11) is 1.79. The molecule has 64 valence electrons. The van der Waals surface area contributed by atoms with E-state index < -0.39 is 5.54 Å². The highest BCUT2D eigenvalue weighted by atomic mass is 15.4. The van der Waals surface area contributed by atoms with Gasteiger partial charge in [-0.2, -0.15) is 0 Å². The lowest BCUT2D eigenvalue weighted by Crippen LogP contribution is -2.29. The molecule has 1 rings (SSSR count). The fourth-order valence-electron chi connectivity index (χ4n) is 0.628. The van der Waals surface area contributed by atoms with Gasteiger partial charge in [-0.25, -0.2) is 4.68 Å². The summed E-state index contributed by atoms with van der Waals surface area (Å²) < 4.78 is 1.61. The Kier molecular flexibility index (Phi) is 2.15. The molecule has 0 bridgehead atoms. The molecule has 0 amide bonds. The van der Waals surface area contributed by atoms with Crippen molar-refractivity contribution in [3.63, 3.8) is 0 Å². The Morgan fingerprint density at radius 1 is 1.58 bits per heavy atom. The van der Waals surface area contributed by atoms with Gasteiger partial charge in [0.25, 0.3) is 0 Å². The fourth-order valence-corrected chi connectivity index (χ4v) is 0.628. The highest BCUT2D eigenvalue weighted by molar-refractivity contribution is 5.28. The second kappa shape index (κ2) is 2.95. The average Bonchev–Trinajstić information content (AvgIpc) is 2.29. The van der Waals surface area contributed by atoms with Gasteiger partial charge in [-0.15, -0.1) is 5.10 Å². The van der Waals surface area contributed by atoms with Crippen molar-refractivity contribution in [1.29, 1.82) is 0 Å². The van der Waals surface area contributed by atoms with Crippen LogP contribution in [-0.2, 0) is 7.05 Å². The van der Waals surface area contributed by atoms with Gasteiger partial charge < -0.3 is 5.73 Å². The largest absolute Gasteiger partial charge is 0.316 e. The molecule has 1 aromatic heterocycles. The number of hydrogen-bond donors (Lipinski definition) is 1. The van der Waals surface area contributed by atoms with Crippen LogP contribution in [0.2, 0.25) is 0 Å². The molecule has 0 aliphatic rings. The molecular weight excluding hydrogens is 152 g/mol. The molecule has 1 aromatic rings. The van der Waals surface area contributed by atoms with Crippen LogP contribution in [0.25, 0.3) is 0 Å². The molecule has 0 aliphatic carbocycles. The Bertz CT molecular complexity index is 321. The van der Waals surface area contributed by atoms with Gasteiger partial charge in [0.15, 0.2) is 0 Å². The lowest BCUT2D eigenvalue weighted by Gasteiger charge is -2.06. The number of nitrogens with zero attached hydrogens (tertiary/aromatic N) is 3. The zero-order valence-electron chi connectivity index (χ0n) is 7.50. The number of hydrogen-bond acceptors (Lipinski definition) is 3. The summed E-state index contributed by atoms with van der Waals surface area (Å²) in [6.07, 6.45) is 1.61. The van der Waals surface area contributed by atoms with Gasteiger partial charge in [-0.3, -0.25) is 0 Å². The molecule has 0 saturated carbocycles. The first-order valence-electron chi connectivity index (χ1n) is 3.66. The van der Waals surface area contributed by atoms with E-state index in [9.17, 15) is 0 Å². The summed E-state index contributed by atoms with van der Waals surface area (Å²) in [4.78, 5) is 0. The SMILES string of the molecule is Cn1nncc1C#CC(C)(C)N. The molecule has 0 spiro atoms. The number of rotatable bonds is 0. The molecule has 0 fully saturated rings. The Morgan fingerprint density at radius 3 is 2.67 bits per heavy atom. The van der Waals surface area contributed by atoms with Crippen molar-refractivity contribution in [2.75, 3.05) is 0 Å². The summed E-state index contributed by atoms with van der Waals surface area (Å²) in [5, 5.41) is 7.43. The van der Waals surface area contributed by atoms with E-state index in [-0.39, 0.29) is 0 Å². The molecule has 0 aliphatic heterocycles. The smallest absolute Gasteiger partial charge is 0.131 e. The quantitative estimate of drug-likeness (QED) is 0.545. The summed E-state index contributed by atoms with van der Waals surface area (Å²) >= 11 is 0. The second-order valence-electron chi connectivity index (χ2n) is 3.21. The Balaban J connectivity index is 2.87. The van der Waals surface area contributed by atoms with E-state index in [1.807, 2.05) is 13.8 Å². The molecule has 0 radical (unpaired) electrons. The molecule has 4 nitrogen and oxygen atoms in total. The maximum Gasteiger partial charge on any atom is 0.131 e. The molecule has 0 aromatic carbocycles. The predicted octanol–water partition coefficient (Wildman–Crippen LogP) is -0.0961. The van der Waals surface area contributed by atoms with Crippen molar-refractivity contribution in [1.82, 2.24) is 15.0 Å². The van der Waals surface area contributed by atoms with Crippen LogP contribution in [0.3, 0.4) is 0 Å². The summed E-state index contributed by atoms with van der Waals surface area (Å²) in [6, 6.07) is 0. The van der Waals surface area contributed by atoms with Gasteiger partial charge >= 0.3 is 0 Å². The first kappa shape index (κ1) is 8.75. The summed E-state index contributed by atoms with van der Waals surface area (Å²) in [6.45, 7) is 3.70. The highest BCUT2D eigenvalue weighted by Crippen LogP contribution is 1.95. The van der Waals surface area contributed by atoms with Crippen LogP contribution in [-0.4, -0.2) is 20.5 Å². The Morgan fingerprint density at radius 2 is 2.25 bits per heavy atom. The minimum atomic E-state index is -0.468. The zero-order chi connectivity index (χ0) is 9.19. The van der Waals surface area contributed by atoms with Crippen LogP contribution in [0, 0.1) is 11.8 Å². The van der Waals surface area contributed by atoms with Crippen molar-refractivity contribution in [2.24, 2.45) is 12.8 Å². The van der Waals surface area contributed by atoms with Crippen LogP contribution in [0.4, 0.5) is 0 Å². The van der Waals surface area contributed by atoms with E-state index in [2.05, 4.69) is 22.2 Å².